The SMILES string of the molecule is CC(P(C)C(C)(C)C)P(C)C(C)(C)C. The van der Waals surface area contributed by atoms with Crippen molar-refractivity contribution in [3.63, 3.8) is 0 Å². The molecule has 0 aromatic heterocycles. The second-order valence-electron chi connectivity index (χ2n) is 6.20. The van der Waals surface area contributed by atoms with Gasteiger partial charge in [-0.25, -0.2) is 0 Å². The predicted molar refractivity (Wildman–Crippen MR) is 74.7 cm³/mol. The molecule has 86 valence electrons. The Morgan fingerprint density at radius 2 is 0.929 bits per heavy atom. The van der Waals surface area contributed by atoms with Crippen LogP contribution in [0, 0.1) is 0 Å². The molecule has 2 heteroatoms. The van der Waals surface area contributed by atoms with Crippen LogP contribution in [-0.4, -0.2) is 29.0 Å². The molecule has 0 aromatic carbocycles. The minimum atomic E-state index is 0.142. The van der Waals surface area contributed by atoms with E-state index < -0.39 is 0 Å². The molecule has 0 aliphatic carbocycles. The van der Waals surface area contributed by atoms with Gasteiger partial charge in [-0.15, -0.1) is 0 Å². The summed E-state index contributed by atoms with van der Waals surface area (Å²) in [5.41, 5.74) is 0. The Morgan fingerprint density at radius 3 is 1.07 bits per heavy atom. The molecule has 0 saturated heterocycles. The fraction of sp³-hybridized carbons (Fsp3) is 1.00. The fourth-order valence-corrected chi connectivity index (χ4v) is 7.78. The van der Waals surface area contributed by atoms with Crippen molar-refractivity contribution in [3.05, 3.63) is 0 Å². The van der Waals surface area contributed by atoms with Gasteiger partial charge in [-0.05, 0) is 29.0 Å². The number of hydrogen-bond donors (Lipinski definition) is 0. The lowest BCUT2D eigenvalue weighted by atomic mass is 10.3. The van der Waals surface area contributed by atoms with E-state index in [0.29, 0.717) is 10.3 Å². The zero-order valence-corrected chi connectivity index (χ0v) is 13.3. The first kappa shape index (κ1) is 14.9. The summed E-state index contributed by atoms with van der Waals surface area (Å²) < 4.78 is 0. The van der Waals surface area contributed by atoms with Gasteiger partial charge < -0.3 is 0 Å². The predicted octanol–water partition coefficient (Wildman–Crippen LogP) is 5.15. The Balaban J connectivity index is 4.56. The first-order chi connectivity index (χ1) is 5.98. The van der Waals surface area contributed by atoms with Crippen molar-refractivity contribution in [3.8, 4) is 0 Å². The van der Waals surface area contributed by atoms with Gasteiger partial charge in [-0.1, -0.05) is 64.3 Å². The molecule has 2 atom stereocenters. The van der Waals surface area contributed by atoms with Crippen LogP contribution in [0.4, 0.5) is 0 Å². The lowest BCUT2D eigenvalue weighted by molar-refractivity contribution is 0.768. The summed E-state index contributed by atoms with van der Waals surface area (Å²) in [6, 6.07) is 0. The van der Waals surface area contributed by atoms with Crippen LogP contribution in [0.2, 0.25) is 0 Å². The van der Waals surface area contributed by atoms with E-state index in [9.17, 15) is 0 Å². The highest BCUT2D eigenvalue weighted by Gasteiger charge is 2.32. The molecule has 2 unspecified atom stereocenters. The smallest absolute Gasteiger partial charge is 0.00297 e. The third-order valence-electron chi connectivity index (χ3n) is 3.24. The Morgan fingerprint density at radius 1 is 0.714 bits per heavy atom. The lowest BCUT2D eigenvalue weighted by Gasteiger charge is -2.41. The Bertz CT molecular complexity index is 154. The molecule has 0 fully saturated rings. The van der Waals surface area contributed by atoms with Crippen LogP contribution in [0.15, 0.2) is 0 Å². The van der Waals surface area contributed by atoms with Gasteiger partial charge in [0.1, 0.15) is 0 Å². The minimum absolute atomic E-state index is 0.142. The van der Waals surface area contributed by atoms with Gasteiger partial charge in [0.2, 0.25) is 0 Å². The van der Waals surface area contributed by atoms with Crippen molar-refractivity contribution in [2.24, 2.45) is 0 Å². The lowest BCUT2D eigenvalue weighted by Crippen LogP contribution is -2.22. The van der Waals surface area contributed by atoms with Gasteiger partial charge in [0.15, 0.2) is 0 Å². The first-order valence-electron chi connectivity index (χ1n) is 5.44. The maximum absolute atomic E-state index is 2.48. The summed E-state index contributed by atoms with van der Waals surface area (Å²) in [4.78, 5) is 0. The van der Waals surface area contributed by atoms with Crippen molar-refractivity contribution in [2.45, 2.75) is 64.2 Å². The van der Waals surface area contributed by atoms with Gasteiger partial charge >= 0.3 is 0 Å². The van der Waals surface area contributed by atoms with Crippen molar-refractivity contribution < 1.29 is 0 Å². The molecule has 0 bridgehead atoms. The molecule has 0 radical (unpaired) electrons. The van der Waals surface area contributed by atoms with E-state index in [1.54, 1.807) is 0 Å². The molecule has 0 amide bonds. The quantitative estimate of drug-likeness (QED) is 0.579. The molecule has 0 N–H and O–H groups in total. The zero-order chi connectivity index (χ0) is 11.7. The Labute approximate surface area is 93.8 Å². The summed E-state index contributed by atoms with van der Waals surface area (Å²) >= 11 is 0. The van der Waals surface area contributed by atoms with Crippen molar-refractivity contribution in [2.75, 3.05) is 13.3 Å². The fourth-order valence-electron chi connectivity index (χ4n) is 1.38. The third-order valence-corrected chi connectivity index (χ3v) is 11.8. The number of rotatable bonds is 2. The van der Waals surface area contributed by atoms with Crippen molar-refractivity contribution in [1.29, 1.82) is 0 Å². The third kappa shape index (κ3) is 4.16. The largest absolute Gasteiger partial charge is 0.0971 e. The van der Waals surface area contributed by atoms with E-state index in [2.05, 4.69) is 61.8 Å². The molecule has 0 aliphatic heterocycles. The standard InChI is InChI=1S/C12H28P2/c1-10(13(8)11(2,3)4)14(9)12(5,6)7/h10H,1-9H3. The first-order valence-corrected chi connectivity index (χ1v) is 9.15. The molecule has 0 spiro atoms. The summed E-state index contributed by atoms with van der Waals surface area (Å²) in [5.74, 6) is 0. The van der Waals surface area contributed by atoms with E-state index in [1.165, 1.54) is 0 Å². The molecule has 0 heterocycles. The average molecular weight is 234 g/mol. The van der Waals surface area contributed by atoms with Crippen LogP contribution in [0.3, 0.4) is 0 Å². The molecular formula is C12H28P2. The van der Waals surface area contributed by atoms with Gasteiger partial charge in [-0.3, -0.25) is 0 Å². The van der Waals surface area contributed by atoms with Gasteiger partial charge in [0, 0.05) is 0 Å². The molecule has 0 rings (SSSR count). The van der Waals surface area contributed by atoms with Gasteiger partial charge in [-0.2, -0.15) is 0 Å². The topological polar surface area (TPSA) is 0 Å². The number of hydrogen-bond acceptors (Lipinski definition) is 0. The summed E-state index contributed by atoms with van der Waals surface area (Å²) in [7, 11) is 0.285. The monoisotopic (exact) mass is 234 g/mol. The maximum Gasteiger partial charge on any atom is -0.00297 e. The van der Waals surface area contributed by atoms with Crippen LogP contribution in [-0.2, 0) is 0 Å². The molecule has 14 heavy (non-hydrogen) atoms. The molecular weight excluding hydrogens is 206 g/mol. The van der Waals surface area contributed by atoms with Crippen LogP contribution in [0.5, 0.6) is 0 Å². The van der Waals surface area contributed by atoms with E-state index in [0.717, 1.165) is 5.40 Å². The van der Waals surface area contributed by atoms with Crippen LogP contribution < -0.4 is 0 Å². The minimum Gasteiger partial charge on any atom is -0.0971 e. The molecule has 0 nitrogen and oxygen atoms in total. The van der Waals surface area contributed by atoms with Gasteiger partial charge in [0.05, 0.1) is 0 Å². The van der Waals surface area contributed by atoms with Crippen molar-refractivity contribution in [1.82, 2.24) is 0 Å². The zero-order valence-electron chi connectivity index (χ0n) is 11.5. The van der Waals surface area contributed by atoms with Crippen LogP contribution in [0.25, 0.3) is 0 Å². The molecule has 0 aliphatic rings. The average Bonchev–Trinajstić information content (AvgIpc) is 1.97. The summed E-state index contributed by atoms with van der Waals surface area (Å²) in [6.07, 6.45) is 0. The van der Waals surface area contributed by atoms with Crippen molar-refractivity contribution >= 4 is 15.8 Å². The van der Waals surface area contributed by atoms with Crippen LogP contribution in [0.1, 0.15) is 48.5 Å². The van der Waals surface area contributed by atoms with E-state index >= 15 is 0 Å². The van der Waals surface area contributed by atoms with Gasteiger partial charge in [0.25, 0.3) is 0 Å². The second-order valence-corrected chi connectivity index (χ2v) is 13.3. The summed E-state index contributed by atoms with van der Waals surface area (Å²) in [6.45, 7) is 21.8. The normalized spacial score (nSPS) is 20.4. The highest BCUT2D eigenvalue weighted by Crippen LogP contribution is 2.65. The summed E-state index contributed by atoms with van der Waals surface area (Å²) in [5, 5.41) is 1.94. The Hall–Kier alpha value is 0.860. The van der Waals surface area contributed by atoms with E-state index in [1.807, 2.05) is 0 Å². The second kappa shape index (κ2) is 4.80. The van der Waals surface area contributed by atoms with E-state index in [-0.39, 0.29) is 15.8 Å². The highest BCUT2D eigenvalue weighted by molar-refractivity contribution is 7.76. The van der Waals surface area contributed by atoms with Crippen LogP contribution >= 0.6 is 15.8 Å². The highest BCUT2D eigenvalue weighted by atomic mass is 31.2. The Kier molecular flexibility index (Phi) is 5.09. The molecule has 0 saturated carbocycles. The maximum atomic E-state index is 2.48. The molecule has 0 aromatic rings. The van der Waals surface area contributed by atoms with E-state index in [4.69, 9.17) is 0 Å².